The Hall–Kier alpha value is -2.67. The van der Waals surface area contributed by atoms with E-state index >= 15 is 0 Å². The summed E-state index contributed by atoms with van der Waals surface area (Å²) in [6.45, 7) is 4.09. The fraction of sp³-hybridized carbons (Fsp3) is 0.476. The van der Waals surface area contributed by atoms with Crippen molar-refractivity contribution >= 4 is 11.8 Å². The number of piperazine rings is 1. The lowest BCUT2D eigenvalue weighted by Crippen LogP contribution is -2.55. The van der Waals surface area contributed by atoms with E-state index in [0.29, 0.717) is 19.6 Å². The summed E-state index contributed by atoms with van der Waals surface area (Å²) in [6.07, 6.45) is 7.48. The van der Waals surface area contributed by atoms with Gasteiger partial charge in [-0.1, -0.05) is 25.5 Å². The fourth-order valence-corrected chi connectivity index (χ4v) is 3.46. The predicted octanol–water partition coefficient (Wildman–Crippen LogP) is 1.65. The number of carbonyl (C=O) groups is 2. The average molecular weight is 383 g/mol. The monoisotopic (exact) mass is 383 g/mol. The maximum absolute atomic E-state index is 12.2. The summed E-state index contributed by atoms with van der Waals surface area (Å²) >= 11 is 0. The highest BCUT2D eigenvalue weighted by Gasteiger charge is 2.31. The Morgan fingerprint density at radius 3 is 2.79 bits per heavy atom. The second kappa shape index (κ2) is 9.50. The molecule has 2 aromatic rings. The van der Waals surface area contributed by atoms with Gasteiger partial charge in [-0.15, -0.1) is 0 Å². The third kappa shape index (κ3) is 4.98. The van der Waals surface area contributed by atoms with Gasteiger partial charge in [-0.05, 0) is 30.5 Å². The molecule has 1 aromatic heterocycles. The Morgan fingerprint density at radius 2 is 2.07 bits per heavy atom. The molecule has 0 radical (unpaired) electrons. The summed E-state index contributed by atoms with van der Waals surface area (Å²) in [5, 5.41) is 9.92. The normalized spacial score (nSPS) is 17.4. The van der Waals surface area contributed by atoms with Crippen LogP contribution in [0.4, 0.5) is 0 Å². The summed E-state index contributed by atoms with van der Waals surface area (Å²) in [5.74, 6) is -0.226. The van der Waals surface area contributed by atoms with Gasteiger partial charge in [-0.2, -0.15) is 5.10 Å². The SMILES string of the molecule is CCCCc1ccc(-n2cc(CN3CCNC(=O)[C@@H]3CC(=O)NC)cn2)cc1. The molecule has 1 saturated heterocycles. The van der Waals surface area contributed by atoms with Crippen molar-refractivity contribution in [3.05, 3.63) is 47.8 Å². The van der Waals surface area contributed by atoms with Crippen molar-refractivity contribution < 1.29 is 9.59 Å². The van der Waals surface area contributed by atoms with Crippen LogP contribution in [0, 0.1) is 0 Å². The van der Waals surface area contributed by atoms with Crippen LogP contribution < -0.4 is 10.6 Å². The molecule has 1 aliphatic rings. The van der Waals surface area contributed by atoms with Gasteiger partial charge in [0, 0.05) is 38.4 Å². The molecule has 0 saturated carbocycles. The van der Waals surface area contributed by atoms with Crippen molar-refractivity contribution in [2.45, 2.75) is 45.2 Å². The summed E-state index contributed by atoms with van der Waals surface area (Å²) in [6, 6.07) is 8.03. The lowest BCUT2D eigenvalue weighted by Gasteiger charge is -2.34. The molecule has 7 heteroatoms. The van der Waals surface area contributed by atoms with Gasteiger partial charge < -0.3 is 10.6 Å². The molecular formula is C21H29N5O2. The van der Waals surface area contributed by atoms with Crippen molar-refractivity contribution in [3.8, 4) is 5.69 Å². The van der Waals surface area contributed by atoms with E-state index in [2.05, 4.69) is 46.9 Å². The average Bonchev–Trinajstić information content (AvgIpc) is 3.17. The number of aryl methyl sites for hydroxylation is 1. The first-order chi connectivity index (χ1) is 13.6. The van der Waals surface area contributed by atoms with Crippen LogP contribution in [0.1, 0.15) is 37.3 Å². The van der Waals surface area contributed by atoms with Gasteiger partial charge in [0.15, 0.2) is 0 Å². The van der Waals surface area contributed by atoms with Crippen molar-refractivity contribution in [2.24, 2.45) is 0 Å². The van der Waals surface area contributed by atoms with Crippen LogP contribution in [-0.4, -0.2) is 52.7 Å². The third-order valence-corrected chi connectivity index (χ3v) is 5.14. The zero-order valence-electron chi connectivity index (χ0n) is 16.6. The number of aromatic nitrogens is 2. The molecule has 1 atom stereocenters. The van der Waals surface area contributed by atoms with Gasteiger partial charge in [-0.3, -0.25) is 14.5 Å². The Balaban J connectivity index is 1.67. The fourth-order valence-electron chi connectivity index (χ4n) is 3.46. The Bertz CT molecular complexity index is 799. The molecule has 1 aromatic carbocycles. The zero-order chi connectivity index (χ0) is 19.9. The summed E-state index contributed by atoms with van der Waals surface area (Å²) in [4.78, 5) is 26.0. The van der Waals surface area contributed by atoms with Gasteiger partial charge in [-0.25, -0.2) is 4.68 Å². The largest absolute Gasteiger partial charge is 0.359 e. The van der Waals surface area contributed by atoms with Gasteiger partial charge in [0.1, 0.15) is 0 Å². The van der Waals surface area contributed by atoms with Crippen LogP contribution in [0.3, 0.4) is 0 Å². The molecule has 7 nitrogen and oxygen atoms in total. The molecule has 2 amide bonds. The van der Waals surface area contributed by atoms with Crippen molar-refractivity contribution in [1.82, 2.24) is 25.3 Å². The minimum absolute atomic E-state index is 0.0927. The van der Waals surface area contributed by atoms with E-state index < -0.39 is 6.04 Å². The number of nitrogens with zero attached hydrogens (tertiary/aromatic N) is 3. The highest BCUT2D eigenvalue weighted by Crippen LogP contribution is 2.16. The molecule has 2 N–H and O–H groups in total. The molecule has 0 bridgehead atoms. The molecule has 1 fully saturated rings. The standard InChI is InChI=1S/C21H29N5O2/c1-3-4-5-16-6-8-18(9-7-16)26-15-17(13-24-26)14-25-11-10-23-21(28)19(25)12-20(27)22-2/h6-9,13,15,19H,3-5,10-12,14H2,1-2H3,(H,22,27)(H,23,28)/t19-/m0/s1. The quantitative estimate of drug-likeness (QED) is 0.727. The van der Waals surface area contributed by atoms with Crippen LogP contribution in [0.25, 0.3) is 5.69 Å². The number of benzene rings is 1. The van der Waals surface area contributed by atoms with Crippen LogP contribution in [-0.2, 0) is 22.6 Å². The van der Waals surface area contributed by atoms with Crippen LogP contribution >= 0.6 is 0 Å². The lowest BCUT2D eigenvalue weighted by atomic mass is 10.1. The van der Waals surface area contributed by atoms with Crippen LogP contribution in [0.2, 0.25) is 0 Å². The number of nitrogens with one attached hydrogen (secondary N) is 2. The first-order valence-corrected chi connectivity index (χ1v) is 9.96. The topological polar surface area (TPSA) is 79.3 Å². The molecule has 1 aliphatic heterocycles. The van der Waals surface area contributed by atoms with E-state index in [1.165, 1.54) is 18.4 Å². The van der Waals surface area contributed by atoms with Gasteiger partial charge in [0.05, 0.1) is 24.3 Å². The lowest BCUT2D eigenvalue weighted by molar-refractivity contribution is -0.134. The number of rotatable bonds is 8. The summed E-state index contributed by atoms with van der Waals surface area (Å²) in [7, 11) is 1.59. The maximum atomic E-state index is 12.2. The molecule has 3 rings (SSSR count). The van der Waals surface area contributed by atoms with E-state index in [-0.39, 0.29) is 18.2 Å². The van der Waals surface area contributed by atoms with Gasteiger partial charge in [0.25, 0.3) is 0 Å². The van der Waals surface area contributed by atoms with Crippen molar-refractivity contribution in [1.29, 1.82) is 0 Å². The summed E-state index contributed by atoms with van der Waals surface area (Å²) < 4.78 is 1.86. The molecule has 0 unspecified atom stereocenters. The number of unbranched alkanes of at least 4 members (excludes halogenated alkanes) is 1. The van der Waals surface area contributed by atoms with Crippen LogP contribution in [0.5, 0.6) is 0 Å². The molecule has 2 heterocycles. The van der Waals surface area contributed by atoms with Crippen molar-refractivity contribution in [3.63, 3.8) is 0 Å². The number of carbonyl (C=O) groups excluding carboxylic acids is 2. The first kappa shape index (κ1) is 20.1. The number of hydrogen-bond acceptors (Lipinski definition) is 4. The maximum Gasteiger partial charge on any atom is 0.237 e. The van der Waals surface area contributed by atoms with E-state index in [1.807, 2.05) is 22.0 Å². The Kier molecular flexibility index (Phi) is 6.81. The second-order valence-electron chi connectivity index (χ2n) is 7.22. The van der Waals surface area contributed by atoms with E-state index in [9.17, 15) is 9.59 Å². The van der Waals surface area contributed by atoms with E-state index in [4.69, 9.17) is 0 Å². The minimum atomic E-state index is -0.449. The Morgan fingerprint density at radius 1 is 1.29 bits per heavy atom. The number of amides is 2. The highest BCUT2D eigenvalue weighted by atomic mass is 16.2. The Labute approximate surface area is 166 Å². The van der Waals surface area contributed by atoms with E-state index in [1.54, 1.807) is 7.05 Å². The third-order valence-electron chi connectivity index (χ3n) is 5.14. The van der Waals surface area contributed by atoms with Gasteiger partial charge >= 0.3 is 0 Å². The molecule has 0 aliphatic carbocycles. The summed E-state index contributed by atoms with van der Waals surface area (Å²) in [5.41, 5.74) is 3.38. The highest BCUT2D eigenvalue weighted by molar-refractivity contribution is 5.88. The second-order valence-corrected chi connectivity index (χ2v) is 7.22. The van der Waals surface area contributed by atoms with Crippen molar-refractivity contribution in [2.75, 3.05) is 20.1 Å². The first-order valence-electron chi connectivity index (χ1n) is 9.96. The molecule has 150 valence electrons. The van der Waals surface area contributed by atoms with E-state index in [0.717, 1.165) is 17.7 Å². The number of hydrogen-bond donors (Lipinski definition) is 2. The zero-order valence-corrected chi connectivity index (χ0v) is 16.6. The van der Waals surface area contributed by atoms with Crippen LogP contribution in [0.15, 0.2) is 36.7 Å². The molecule has 28 heavy (non-hydrogen) atoms. The predicted molar refractivity (Wildman–Crippen MR) is 108 cm³/mol. The smallest absolute Gasteiger partial charge is 0.237 e. The minimum Gasteiger partial charge on any atom is -0.359 e. The van der Waals surface area contributed by atoms with Gasteiger partial charge in [0.2, 0.25) is 11.8 Å². The molecular weight excluding hydrogens is 354 g/mol. The molecule has 0 spiro atoms.